The second-order valence-corrected chi connectivity index (χ2v) is 5.23. The van der Waals surface area contributed by atoms with Crippen molar-refractivity contribution >= 4 is 22.6 Å². The van der Waals surface area contributed by atoms with E-state index in [0.29, 0.717) is 41.1 Å². The minimum Gasteiger partial charge on any atom is -0.493 e. The van der Waals surface area contributed by atoms with Crippen LogP contribution in [0.5, 0.6) is 11.5 Å². The highest BCUT2D eigenvalue weighted by atomic mass is 16.5. The van der Waals surface area contributed by atoms with Crippen molar-refractivity contribution in [3.63, 3.8) is 0 Å². The topological polar surface area (TPSA) is 89.1 Å². The normalized spacial score (nSPS) is 10.6. The lowest BCUT2D eigenvalue weighted by Crippen LogP contribution is -2.12. The first-order valence-electron chi connectivity index (χ1n) is 7.51. The summed E-state index contributed by atoms with van der Waals surface area (Å²) in [5.41, 5.74) is 3.02. The molecule has 0 saturated carbocycles. The van der Waals surface area contributed by atoms with Crippen LogP contribution in [0, 0.1) is 0 Å². The predicted octanol–water partition coefficient (Wildman–Crippen LogP) is 2.55. The van der Waals surface area contributed by atoms with Crippen molar-refractivity contribution in [3.8, 4) is 11.5 Å². The Hall–Kier alpha value is -3.09. The van der Waals surface area contributed by atoms with Crippen molar-refractivity contribution in [2.75, 3.05) is 19.5 Å². The number of anilines is 1. The number of ether oxygens (including phenoxy) is 2. The molecule has 0 spiro atoms. The lowest BCUT2D eigenvalue weighted by molar-refractivity contribution is -0.116. The van der Waals surface area contributed by atoms with Gasteiger partial charge in [0.1, 0.15) is 11.0 Å². The number of hydrogen-bond acceptors (Lipinski definition) is 5. The Morgan fingerprint density at radius 1 is 1.12 bits per heavy atom. The summed E-state index contributed by atoms with van der Waals surface area (Å²) in [6.45, 7) is 0. The monoisotopic (exact) mass is 326 g/mol. The van der Waals surface area contributed by atoms with Crippen LogP contribution in [-0.4, -0.2) is 35.5 Å². The minimum atomic E-state index is -0.0831. The molecule has 0 radical (unpaired) electrons. The summed E-state index contributed by atoms with van der Waals surface area (Å²) in [5.74, 6) is 1.24. The molecule has 0 fully saturated rings. The molecule has 0 aliphatic heterocycles. The van der Waals surface area contributed by atoms with Gasteiger partial charge in [-0.25, -0.2) is 0 Å². The molecule has 0 saturated heterocycles. The highest BCUT2D eigenvalue weighted by molar-refractivity contribution is 5.99. The van der Waals surface area contributed by atoms with Crippen LogP contribution in [0.4, 0.5) is 5.69 Å². The van der Waals surface area contributed by atoms with Crippen LogP contribution in [0.15, 0.2) is 36.4 Å². The summed E-state index contributed by atoms with van der Waals surface area (Å²) in [4.78, 5) is 12.2. The second-order valence-electron chi connectivity index (χ2n) is 5.23. The third kappa shape index (κ3) is 3.29. The van der Waals surface area contributed by atoms with Crippen molar-refractivity contribution in [2.24, 2.45) is 0 Å². The predicted molar refractivity (Wildman–Crippen MR) is 90.4 cm³/mol. The molecule has 1 heterocycles. The van der Waals surface area contributed by atoms with Gasteiger partial charge in [0.2, 0.25) is 5.91 Å². The third-order valence-electron chi connectivity index (χ3n) is 3.71. The molecular formula is C17H18N4O3. The largest absolute Gasteiger partial charge is 0.493 e. The molecule has 0 aliphatic rings. The molecule has 7 heteroatoms. The zero-order chi connectivity index (χ0) is 16.9. The van der Waals surface area contributed by atoms with Gasteiger partial charge in [0.15, 0.2) is 11.5 Å². The van der Waals surface area contributed by atoms with Crippen LogP contribution >= 0.6 is 0 Å². The van der Waals surface area contributed by atoms with Gasteiger partial charge in [-0.2, -0.15) is 15.4 Å². The summed E-state index contributed by atoms with van der Waals surface area (Å²) >= 11 is 0. The van der Waals surface area contributed by atoms with Crippen LogP contribution in [0.25, 0.3) is 11.0 Å². The van der Waals surface area contributed by atoms with Gasteiger partial charge >= 0.3 is 0 Å². The zero-order valence-corrected chi connectivity index (χ0v) is 13.5. The van der Waals surface area contributed by atoms with Crippen molar-refractivity contribution < 1.29 is 14.3 Å². The Kier molecular flexibility index (Phi) is 4.60. The number of para-hydroxylation sites is 1. The second kappa shape index (κ2) is 6.99. The number of carbonyl (C=O) groups excluding carboxylic acids is 1. The van der Waals surface area contributed by atoms with Crippen LogP contribution in [0.2, 0.25) is 0 Å². The number of aromatic amines is 1. The van der Waals surface area contributed by atoms with E-state index in [1.165, 1.54) is 0 Å². The number of hydrogen-bond donors (Lipinski definition) is 2. The number of fused-ring (bicyclic) bond motifs is 1. The van der Waals surface area contributed by atoms with Gasteiger partial charge in [-0.15, -0.1) is 0 Å². The van der Waals surface area contributed by atoms with Gasteiger partial charge in [0.05, 0.1) is 19.9 Å². The van der Waals surface area contributed by atoms with Crippen LogP contribution in [-0.2, 0) is 11.2 Å². The molecule has 7 nitrogen and oxygen atoms in total. The van der Waals surface area contributed by atoms with Gasteiger partial charge in [0.25, 0.3) is 0 Å². The highest BCUT2D eigenvalue weighted by Gasteiger charge is 2.10. The quantitative estimate of drug-likeness (QED) is 0.726. The molecule has 0 aliphatic carbocycles. The van der Waals surface area contributed by atoms with Gasteiger partial charge in [-0.05, 0) is 36.2 Å². The van der Waals surface area contributed by atoms with Crippen LogP contribution in [0.3, 0.4) is 0 Å². The van der Waals surface area contributed by atoms with E-state index < -0.39 is 0 Å². The number of nitrogens with one attached hydrogen (secondary N) is 2. The number of H-pyrrole nitrogens is 1. The fourth-order valence-electron chi connectivity index (χ4n) is 2.48. The highest BCUT2D eigenvalue weighted by Crippen LogP contribution is 2.28. The van der Waals surface area contributed by atoms with Crippen LogP contribution in [0.1, 0.15) is 12.0 Å². The van der Waals surface area contributed by atoms with Crippen molar-refractivity contribution in [1.29, 1.82) is 0 Å². The van der Waals surface area contributed by atoms with E-state index in [2.05, 4.69) is 20.7 Å². The Morgan fingerprint density at radius 2 is 1.96 bits per heavy atom. The Bertz CT molecular complexity index is 860. The van der Waals surface area contributed by atoms with E-state index in [4.69, 9.17) is 9.47 Å². The molecule has 2 aromatic carbocycles. The first kappa shape index (κ1) is 15.8. The van der Waals surface area contributed by atoms with Gasteiger partial charge in [-0.1, -0.05) is 12.1 Å². The number of methoxy groups -OCH3 is 2. The molecule has 124 valence electrons. The molecule has 3 aromatic rings. The number of aromatic nitrogens is 3. The van der Waals surface area contributed by atoms with E-state index >= 15 is 0 Å². The Labute approximate surface area is 139 Å². The fraction of sp³-hybridized carbons (Fsp3) is 0.235. The molecule has 3 rings (SSSR count). The number of rotatable bonds is 6. The molecule has 1 amide bonds. The molecule has 24 heavy (non-hydrogen) atoms. The van der Waals surface area contributed by atoms with E-state index in [0.717, 1.165) is 5.56 Å². The van der Waals surface area contributed by atoms with Crippen molar-refractivity contribution in [3.05, 3.63) is 42.0 Å². The van der Waals surface area contributed by atoms with E-state index in [9.17, 15) is 4.79 Å². The summed E-state index contributed by atoms with van der Waals surface area (Å²) in [5, 5.41) is 13.5. The maximum atomic E-state index is 12.2. The Morgan fingerprint density at radius 3 is 2.75 bits per heavy atom. The number of carbonyl (C=O) groups is 1. The SMILES string of the molecule is COc1ccc(CCC(=O)Nc2cccc3n[nH]nc23)cc1OC. The average molecular weight is 326 g/mol. The molecule has 2 N–H and O–H groups in total. The van der Waals surface area contributed by atoms with Crippen molar-refractivity contribution in [1.82, 2.24) is 15.4 Å². The molecule has 0 unspecified atom stereocenters. The number of nitrogens with zero attached hydrogens (tertiary/aromatic N) is 2. The number of benzene rings is 2. The maximum Gasteiger partial charge on any atom is 0.224 e. The summed E-state index contributed by atoms with van der Waals surface area (Å²) in [7, 11) is 3.18. The summed E-state index contributed by atoms with van der Waals surface area (Å²) < 4.78 is 10.5. The lowest BCUT2D eigenvalue weighted by atomic mass is 10.1. The smallest absolute Gasteiger partial charge is 0.224 e. The van der Waals surface area contributed by atoms with E-state index in [1.807, 2.05) is 30.3 Å². The molecule has 1 aromatic heterocycles. The number of aryl methyl sites for hydroxylation is 1. The first-order valence-corrected chi connectivity index (χ1v) is 7.51. The maximum absolute atomic E-state index is 12.2. The van der Waals surface area contributed by atoms with Gasteiger partial charge in [0, 0.05) is 6.42 Å². The Balaban J connectivity index is 1.64. The minimum absolute atomic E-state index is 0.0831. The standard InChI is InChI=1S/C17H18N4O3/c1-23-14-8-6-11(10-15(14)24-2)7-9-16(22)18-12-4-3-5-13-17(12)20-21-19-13/h3-6,8,10H,7,9H2,1-2H3,(H,18,22)(H,19,20,21). The summed E-state index contributed by atoms with van der Waals surface area (Å²) in [6, 6.07) is 11.1. The lowest BCUT2D eigenvalue weighted by Gasteiger charge is -2.10. The van der Waals surface area contributed by atoms with Gasteiger partial charge in [-0.3, -0.25) is 4.79 Å². The van der Waals surface area contributed by atoms with Crippen LogP contribution < -0.4 is 14.8 Å². The molecule has 0 bridgehead atoms. The number of amides is 1. The zero-order valence-electron chi connectivity index (χ0n) is 13.5. The summed E-state index contributed by atoms with van der Waals surface area (Å²) in [6.07, 6.45) is 0.949. The van der Waals surface area contributed by atoms with Gasteiger partial charge < -0.3 is 14.8 Å². The van der Waals surface area contributed by atoms with E-state index in [1.54, 1.807) is 20.3 Å². The van der Waals surface area contributed by atoms with E-state index in [-0.39, 0.29) is 5.91 Å². The third-order valence-corrected chi connectivity index (χ3v) is 3.71. The average Bonchev–Trinajstić information content (AvgIpc) is 3.09. The molecule has 0 atom stereocenters. The first-order chi connectivity index (χ1) is 11.7. The van der Waals surface area contributed by atoms with Crippen molar-refractivity contribution in [2.45, 2.75) is 12.8 Å². The molecular weight excluding hydrogens is 308 g/mol. The fourth-order valence-corrected chi connectivity index (χ4v) is 2.48.